The molecule has 12 heteroatoms. The lowest BCUT2D eigenvalue weighted by Gasteiger charge is -2.15. The summed E-state index contributed by atoms with van der Waals surface area (Å²) in [7, 11) is 0. The Morgan fingerprint density at radius 3 is 2.76 bits per heavy atom. The van der Waals surface area contributed by atoms with E-state index < -0.39 is 11.4 Å². The average molecular weight is 466 g/mol. The molecule has 33 heavy (non-hydrogen) atoms. The summed E-state index contributed by atoms with van der Waals surface area (Å²) >= 11 is 6.19. The van der Waals surface area contributed by atoms with E-state index in [0.717, 1.165) is 0 Å². The number of hydrogen-bond acceptors (Lipinski definition) is 9. The van der Waals surface area contributed by atoms with Crippen molar-refractivity contribution in [3.05, 3.63) is 69.2 Å². The topological polar surface area (TPSA) is 161 Å². The summed E-state index contributed by atoms with van der Waals surface area (Å²) in [6.45, 7) is 0.337. The van der Waals surface area contributed by atoms with Crippen LogP contribution in [0.4, 0.5) is 22.0 Å². The highest BCUT2D eigenvalue weighted by atomic mass is 35.5. The van der Waals surface area contributed by atoms with E-state index in [1.807, 2.05) is 6.07 Å². The molecule has 0 amide bonds. The summed E-state index contributed by atoms with van der Waals surface area (Å²) in [4.78, 5) is 29.5. The van der Waals surface area contributed by atoms with Crippen molar-refractivity contribution in [1.29, 1.82) is 5.26 Å². The lowest BCUT2D eigenvalue weighted by Crippen LogP contribution is -2.25. The van der Waals surface area contributed by atoms with Gasteiger partial charge in [-0.25, -0.2) is 9.37 Å². The first-order valence-electron chi connectivity index (χ1n) is 9.77. The van der Waals surface area contributed by atoms with Crippen LogP contribution in [0.1, 0.15) is 17.8 Å². The van der Waals surface area contributed by atoms with Gasteiger partial charge in [-0.05, 0) is 30.7 Å². The maximum Gasteiger partial charge on any atom is 0.267 e. The van der Waals surface area contributed by atoms with Crippen LogP contribution in [-0.4, -0.2) is 31.0 Å². The van der Waals surface area contributed by atoms with E-state index in [1.165, 1.54) is 22.9 Å². The molecule has 0 atom stereocenters. The minimum atomic E-state index is -0.644. The molecule has 0 saturated carbocycles. The average Bonchev–Trinajstić information content (AvgIpc) is 2.79. The highest BCUT2D eigenvalue weighted by Crippen LogP contribution is 2.23. The molecule has 0 bridgehead atoms. The van der Waals surface area contributed by atoms with Gasteiger partial charge < -0.3 is 16.8 Å². The van der Waals surface area contributed by atoms with Crippen molar-refractivity contribution in [1.82, 2.24) is 24.5 Å². The van der Waals surface area contributed by atoms with Gasteiger partial charge in [0.15, 0.2) is 5.82 Å². The second-order valence-corrected chi connectivity index (χ2v) is 7.37. The Balaban J connectivity index is 1.68. The van der Waals surface area contributed by atoms with E-state index >= 15 is 0 Å². The summed E-state index contributed by atoms with van der Waals surface area (Å²) in [5.41, 5.74) is 11.3. The highest BCUT2D eigenvalue weighted by Gasteiger charge is 2.18. The minimum Gasteiger partial charge on any atom is -0.382 e. The predicted molar refractivity (Wildman–Crippen MR) is 122 cm³/mol. The van der Waals surface area contributed by atoms with Crippen molar-refractivity contribution in [3.63, 3.8) is 0 Å². The van der Waals surface area contributed by atoms with Gasteiger partial charge in [-0.2, -0.15) is 15.2 Å². The standard InChI is InChI=1S/C21H17ClFN9O/c22-13-5-6-14(23)17-16(13)20(33)32(11-3-1-7-27-10-11)15(29-17)4-2-8-28-19-12(9-24)18(25)30-21(26)31-19/h1,3,5-7,10H,2,4,8H2,(H5,25,26,28,30,31). The molecule has 166 valence electrons. The molecule has 0 aliphatic rings. The Morgan fingerprint density at radius 1 is 1.21 bits per heavy atom. The van der Waals surface area contributed by atoms with Gasteiger partial charge in [0.1, 0.15) is 34.6 Å². The summed E-state index contributed by atoms with van der Waals surface area (Å²) in [5, 5.41) is 12.4. The van der Waals surface area contributed by atoms with E-state index in [-0.39, 0.29) is 45.5 Å². The molecule has 4 aromatic rings. The maximum absolute atomic E-state index is 14.5. The molecule has 10 nitrogen and oxygen atoms in total. The molecule has 4 rings (SSSR count). The van der Waals surface area contributed by atoms with E-state index in [4.69, 9.17) is 23.1 Å². The Hall–Kier alpha value is -4.30. The minimum absolute atomic E-state index is 0.00649. The smallest absolute Gasteiger partial charge is 0.267 e. The van der Waals surface area contributed by atoms with Crippen LogP contribution in [0.3, 0.4) is 0 Å². The number of halogens is 2. The number of nitrogen functional groups attached to an aromatic ring is 2. The lowest BCUT2D eigenvalue weighted by molar-refractivity contribution is 0.633. The molecule has 0 spiro atoms. The Morgan fingerprint density at radius 2 is 2.03 bits per heavy atom. The quantitative estimate of drug-likeness (QED) is 0.363. The number of nitrogens with two attached hydrogens (primary N) is 2. The van der Waals surface area contributed by atoms with Crippen LogP contribution in [0.15, 0.2) is 41.5 Å². The number of aromatic nitrogens is 5. The van der Waals surface area contributed by atoms with Crippen LogP contribution in [0, 0.1) is 17.1 Å². The van der Waals surface area contributed by atoms with Crippen LogP contribution in [0.25, 0.3) is 16.6 Å². The molecule has 0 radical (unpaired) electrons. The number of hydrogen-bond donors (Lipinski definition) is 3. The van der Waals surface area contributed by atoms with Crippen molar-refractivity contribution in [2.75, 3.05) is 23.3 Å². The fraction of sp³-hybridized carbons (Fsp3) is 0.143. The number of benzene rings is 1. The first-order chi connectivity index (χ1) is 15.9. The zero-order chi connectivity index (χ0) is 23.5. The van der Waals surface area contributed by atoms with Gasteiger partial charge in [-0.15, -0.1) is 0 Å². The number of nitriles is 1. The molecule has 3 heterocycles. The second-order valence-electron chi connectivity index (χ2n) is 6.97. The van der Waals surface area contributed by atoms with Crippen molar-refractivity contribution < 1.29 is 4.39 Å². The highest BCUT2D eigenvalue weighted by molar-refractivity contribution is 6.35. The van der Waals surface area contributed by atoms with Crippen molar-refractivity contribution >= 4 is 40.1 Å². The van der Waals surface area contributed by atoms with Gasteiger partial charge in [-0.1, -0.05) is 11.6 Å². The Bertz CT molecular complexity index is 1450. The van der Waals surface area contributed by atoms with E-state index in [9.17, 15) is 14.4 Å². The number of nitrogens with one attached hydrogen (secondary N) is 1. The molecule has 0 aliphatic carbocycles. The molecular weight excluding hydrogens is 449 g/mol. The van der Waals surface area contributed by atoms with Gasteiger partial charge in [0, 0.05) is 19.2 Å². The van der Waals surface area contributed by atoms with E-state index in [2.05, 4.69) is 25.3 Å². The largest absolute Gasteiger partial charge is 0.382 e. The summed E-state index contributed by atoms with van der Waals surface area (Å²) in [6.07, 6.45) is 3.83. The van der Waals surface area contributed by atoms with Crippen LogP contribution < -0.4 is 22.3 Å². The fourth-order valence-electron chi connectivity index (χ4n) is 3.37. The van der Waals surface area contributed by atoms with Crippen molar-refractivity contribution in [2.45, 2.75) is 12.8 Å². The normalized spacial score (nSPS) is 10.8. The second kappa shape index (κ2) is 9.05. The van der Waals surface area contributed by atoms with Crippen LogP contribution in [0.5, 0.6) is 0 Å². The Kier molecular flexibility index (Phi) is 6.01. The van der Waals surface area contributed by atoms with Crippen molar-refractivity contribution in [3.8, 4) is 11.8 Å². The first-order valence-corrected chi connectivity index (χ1v) is 10.2. The molecule has 0 saturated heterocycles. The molecule has 3 aromatic heterocycles. The van der Waals surface area contributed by atoms with E-state index in [0.29, 0.717) is 24.5 Å². The zero-order valence-electron chi connectivity index (χ0n) is 17.1. The van der Waals surface area contributed by atoms with Crippen LogP contribution >= 0.6 is 11.6 Å². The molecule has 1 aromatic carbocycles. The predicted octanol–water partition coefficient (Wildman–Crippen LogP) is 2.44. The number of rotatable bonds is 6. The third kappa shape index (κ3) is 4.24. The summed E-state index contributed by atoms with van der Waals surface area (Å²) in [5.74, 6) is -0.207. The number of nitrogens with zero attached hydrogens (tertiary/aromatic N) is 6. The van der Waals surface area contributed by atoms with Gasteiger partial charge >= 0.3 is 0 Å². The summed E-state index contributed by atoms with van der Waals surface area (Å²) in [6, 6.07) is 7.80. The van der Waals surface area contributed by atoms with E-state index in [1.54, 1.807) is 18.3 Å². The van der Waals surface area contributed by atoms with Gasteiger partial charge in [-0.3, -0.25) is 14.3 Å². The fourth-order valence-corrected chi connectivity index (χ4v) is 3.60. The molecule has 0 aliphatic heterocycles. The monoisotopic (exact) mass is 465 g/mol. The lowest BCUT2D eigenvalue weighted by atomic mass is 10.2. The first kappa shape index (κ1) is 21.9. The van der Waals surface area contributed by atoms with Gasteiger partial charge in [0.25, 0.3) is 5.56 Å². The third-order valence-electron chi connectivity index (χ3n) is 4.83. The zero-order valence-corrected chi connectivity index (χ0v) is 17.8. The molecule has 5 N–H and O–H groups in total. The third-order valence-corrected chi connectivity index (χ3v) is 5.15. The van der Waals surface area contributed by atoms with Gasteiger partial charge in [0.2, 0.25) is 5.95 Å². The van der Waals surface area contributed by atoms with Crippen LogP contribution in [0.2, 0.25) is 5.02 Å². The SMILES string of the molecule is N#Cc1c(N)nc(N)nc1NCCCc1nc2c(F)ccc(Cl)c2c(=O)n1-c1cccnc1. The maximum atomic E-state index is 14.5. The number of anilines is 3. The van der Waals surface area contributed by atoms with Crippen LogP contribution in [-0.2, 0) is 6.42 Å². The molecule has 0 unspecified atom stereocenters. The number of fused-ring (bicyclic) bond motifs is 1. The number of pyridine rings is 1. The van der Waals surface area contributed by atoms with Crippen molar-refractivity contribution in [2.24, 2.45) is 0 Å². The summed E-state index contributed by atoms with van der Waals surface area (Å²) < 4.78 is 15.8. The molecule has 0 fully saturated rings. The molecular formula is C21H17ClFN9O. The Labute approximate surface area is 191 Å². The van der Waals surface area contributed by atoms with Gasteiger partial charge in [0.05, 0.1) is 22.3 Å². The number of aryl methyl sites for hydroxylation is 1.